The molecule has 0 bridgehead atoms. The minimum atomic E-state index is -1.27. The molecule has 0 unspecified atom stereocenters. The van der Waals surface area contributed by atoms with E-state index in [0.717, 1.165) is 4.66 Å². The average molecular weight is 169 g/mol. The first-order chi connectivity index (χ1) is 3.48. The summed E-state index contributed by atoms with van der Waals surface area (Å²) in [5, 5.41) is 0. The van der Waals surface area contributed by atoms with E-state index in [2.05, 4.69) is 19.6 Å². The van der Waals surface area contributed by atoms with Crippen LogP contribution in [0.3, 0.4) is 0 Å². The fourth-order valence-corrected chi connectivity index (χ4v) is 1.47. The first-order valence-corrected chi connectivity index (χ1v) is 6.76. The topological polar surface area (TPSA) is 0 Å². The van der Waals surface area contributed by atoms with Crippen molar-refractivity contribution in [2.75, 3.05) is 0 Å². The first kappa shape index (κ1) is 8.54. The molecule has 0 fully saturated rings. The Balaban J connectivity index is 4.03. The third kappa shape index (κ3) is 2.75. The van der Waals surface area contributed by atoms with Gasteiger partial charge in [0.2, 0.25) is 0 Å². The highest BCUT2D eigenvalue weighted by atomic mass is 35.5. The minimum absolute atomic E-state index is 0.833. The van der Waals surface area contributed by atoms with Gasteiger partial charge in [-0.05, 0) is 0 Å². The van der Waals surface area contributed by atoms with E-state index in [1.165, 1.54) is 5.54 Å². The van der Waals surface area contributed by atoms with E-state index in [4.69, 9.17) is 23.2 Å². The SMILES string of the molecule is C[Si](C)(C)C(Cl)=CCl. The summed E-state index contributed by atoms with van der Waals surface area (Å²) in [6, 6.07) is 0. The molecule has 0 atom stereocenters. The summed E-state index contributed by atoms with van der Waals surface area (Å²) in [4.78, 5) is 0. The van der Waals surface area contributed by atoms with Gasteiger partial charge in [-0.2, -0.15) is 0 Å². The molecule has 0 saturated carbocycles. The smallest absolute Gasteiger partial charge is 0.0933 e. The van der Waals surface area contributed by atoms with Gasteiger partial charge in [-0.25, -0.2) is 0 Å². The zero-order valence-corrected chi connectivity index (χ0v) is 7.85. The van der Waals surface area contributed by atoms with Crippen LogP contribution in [0.25, 0.3) is 0 Å². The van der Waals surface area contributed by atoms with Crippen molar-refractivity contribution < 1.29 is 0 Å². The molecule has 0 spiro atoms. The molecule has 3 heteroatoms. The van der Waals surface area contributed by atoms with Crippen LogP contribution < -0.4 is 0 Å². The van der Waals surface area contributed by atoms with E-state index in [9.17, 15) is 0 Å². The largest absolute Gasteiger partial charge is 0.0934 e. The van der Waals surface area contributed by atoms with Gasteiger partial charge < -0.3 is 0 Å². The predicted octanol–water partition coefficient (Wildman–Crippen LogP) is 3.18. The van der Waals surface area contributed by atoms with E-state index in [0.29, 0.717) is 0 Å². The summed E-state index contributed by atoms with van der Waals surface area (Å²) in [6.45, 7) is 6.44. The molecule has 0 amide bonds. The quantitative estimate of drug-likeness (QED) is 0.529. The zero-order valence-electron chi connectivity index (χ0n) is 5.33. The fraction of sp³-hybridized carbons (Fsp3) is 0.600. The van der Waals surface area contributed by atoms with Gasteiger partial charge >= 0.3 is 0 Å². The summed E-state index contributed by atoms with van der Waals surface area (Å²) in [5.74, 6) is 0. The molecule has 0 heterocycles. The molecule has 0 aliphatic heterocycles. The summed E-state index contributed by atoms with van der Waals surface area (Å²) < 4.78 is 0.833. The molecular weight excluding hydrogens is 159 g/mol. The van der Waals surface area contributed by atoms with Crippen LogP contribution in [-0.4, -0.2) is 8.07 Å². The molecule has 0 saturated heterocycles. The Kier molecular flexibility index (Phi) is 3.10. The summed E-state index contributed by atoms with van der Waals surface area (Å²) in [6.07, 6.45) is 0. The van der Waals surface area contributed by atoms with Gasteiger partial charge in [-0.15, -0.1) is 0 Å². The van der Waals surface area contributed by atoms with Crippen LogP contribution in [0, 0.1) is 0 Å². The van der Waals surface area contributed by atoms with Crippen LogP contribution in [0.1, 0.15) is 0 Å². The molecule has 0 radical (unpaired) electrons. The molecule has 8 heavy (non-hydrogen) atoms. The van der Waals surface area contributed by atoms with E-state index in [1.54, 1.807) is 0 Å². The Labute approximate surface area is 61.5 Å². The molecular formula is C5H10Cl2Si. The van der Waals surface area contributed by atoms with Crippen molar-refractivity contribution in [1.82, 2.24) is 0 Å². The zero-order chi connectivity index (χ0) is 6.78. The van der Waals surface area contributed by atoms with Gasteiger partial charge in [-0.1, -0.05) is 42.8 Å². The lowest BCUT2D eigenvalue weighted by atomic mass is 11.2. The van der Waals surface area contributed by atoms with Crippen LogP contribution in [-0.2, 0) is 0 Å². The van der Waals surface area contributed by atoms with Crippen LogP contribution in [0.15, 0.2) is 10.2 Å². The van der Waals surface area contributed by atoms with Crippen LogP contribution in [0.2, 0.25) is 19.6 Å². The van der Waals surface area contributed by atoms with Crippen molar-refractivity contribution in [3.05, 3.63) is 10.2 Å². The second kappa shape index (κ2) is 2.90. The Morgan fingerprint density at radius 3 is 1.75 bits per heavy atom. The molecule has 0 aromatic rings. The maximum atomic E-state index is 5.73. The molecule has 0 aliphatic rings. The molecule has 0 nitrogen and oxygen atoms in total. The highest BCUT2D eigenvalue weighted by Gasteiger charge is 2.16. The van der Waals surface area contributed by atoms with Crippen molar-refractivity contribution in [2.24, 2.45) is 0 Å². The van der Waals surface area contributed by atoms with Crippen LogP contribution in [0.5, 0.6) is 0 Å². The Morgan fingerprint density at radius 1 is 1.38 bits per heavy atom. The third-order valence-electron chi connectivity index (χ3n) is 0.812. The van der Waals surface area contributed by atoms with Gasteiger partial charge in [0.15, 0.2) is 0 Å². The Morgan fingerprint density at radius 2 is 1.75 bits per heavy atom. The maximum absolute atomic E-state index is 5.73. The van der Waals surface area contributed by atoms with Crippen molar-refractivity contribution in [3.63, 3.8) is 0 Å². The molecule has 0 N–H and O–H groups in total. The fourth-order valence-electron chi connectivity index (χ4n) is 0.164. The summed E-state index contributed by atoms with van der Waals surface area (Å²) in [7, 11) is -1.27. The van der Waals surface area contributed by atoms with Crippen molar-refractivity contribution >= 4 is 31.3 Å². The van der Waals surface area contributed by atoms with Gasteiger partial charge in [0.25, 0.3) is 0 Å². The van der Waals surface area contributed by atoms with E-state index in [-0.39, 0.29) is 0 Å². The number of rotatable bonds is 1. The summed E-state index contributed by atoms with van der Waals surface area (Å²) in [5.41, 5.74) is 1.47. The molecule has 0 rings (SSSR count). The van der Waals surface area contributed by atoms with Crippen LogP contribution >= 0.6 is 23.2 Å². The van der Waals surface area contributed by atoms with Gasteiger partial charge in [0, 0.05) is 10.2 Å². The highest BCUT2D eigenvalue weighted by Crippen LogP contribution is 2.18. The lowest BCUT2D eigenvalue weighted by Crippen LogP contribution is -2.19. The van der Waals surface area contributed by atoms with Crippen molar-refractivity contribution in [1.29, 1.82) is 0 Å². The predicted molar refractivity (Wildman–Crippen MR) is 43.1 cm³/mol. The average Bonchev–Trinajstić information content (AvgIpc) is 1.62. The second-order valence-corrected chi connectivity index (χ2v) is 8.69. The summed E-state index contributed by atoms with van der Waals surface area (Å²) >= 11 is 11.1. The second-order valence-electron chi connectivity index (χ2n) is 2.71. The maximum Gasteiger partial charge on any atom is 0.0934 e. The van der Waals surface area contributed by atoms with Crippen molar-refractivity contribution in [3.8, 4) is 0 Å². The minimum Gasteiger partial charge on any atom is -0.0933 e. The highest BCUT2D eigenvalue weighted by molar-refractivity contribution is 6.91. The lowest BCUT2D eigenvalue weighted by molar-refractivity contribution is 1.75. The van der Waals surface area contributed by atoms with Gasteiger partial charge in [-0.3, -0.25) is 0 Å². The molecule has 0 aliphatic carbocycles. The van der Waals surface area contributed by atoms with Crippen molar-refractivity contribution in [2.45, 2.75) is 19.6 Å². The standard InChI is InChI=1S/C5H10Cl2Si/c1-8(2,3)5(7)4-6/h4H,1-3H3. The number of halogens is 2. The number of hydrogen-bond donors (Lipinski definition) is 0. The van der Waals surface area contributed by atoms with Gasteiger partial charge in [0.1, 0.15) is 0 Å². The monoisotopic (exact) mass is 168 g/mol. The van der Waals surface area contributed by atoms with Crippen LogP contribution in [0.4, 0.5) is 0 Å². The normalized spacial score (nSPS) is 14.4. The van der Waals surface area contributed by atoms with E-state index < -0.39 is 8.07 Å². The third-order valence-corrected chi connectivity index (χ3v) is 4.71. The van der Waals surface area contributed by atoms with E-state index >= 15 is 0 Å². The molecule has 48 valence electrons. The Hall–Kier alpha value is 0.537. The molecule has 0 aromatic heterocycles. The van der Waals surface area contributed by atoms with Gasteiger partial charge in [0.05, 0.1) is 8.07 Å². The Bertz CT molecular complexity index is 101. The van der Waals surface area contributed by atoms with E-state index in [1.807, 2.05) is 0 Å². The first-order valence-electron chi connectivity index (χ1n) is 2.45. The lowest BCUT2D eigenvalue weighted by Gasteiger charge is -2.12. The number of hydrogen-bond acceptors (Lipinski definition) is 0. The molecule has 0 aromatic carbocycles.